The Hall–Kier alpha value is -1.18. The molecule has 1 saturated carbocycles. The predicted molar refractivity (Wildman–Crippen MR) is 62.5 cm³/mol. The fourth-order valence-corrected chi connectivity index (χ4v) is 2.83. The molecule has 1 heterocycles. The molecule has 0 saturated heterocycles. The van der Waals surface area contributed by atoms with E-state index in [2.05, 4.69) is 11.1 Å². The molecule has 16 heavy (non-hydrogen) atoms. The van der Waals surface area contributed by atoms with Gasteiger partial charge < -0.3 is 0 Å². The van der Waals surface area contributed by atoms with Gasteiger partial charge >= 0.3 is 0 Å². The predicted octanol–water partition coefficient (Wildman–Crippen LogP) is 2.80. The van der Waals surface area contributed by atoms with Crippen LogP contribution in [0.15, 0.2) is 12.3 Å². The molecule has 0 radical (unpaired) electrons. The van der Waals surface area contributed by atoms with Crippen LogP contribution in [0.5, 0.6) is 0 Å². The molecule has 3 rings (SSSR count). The van der Waals surface area contributed by atoms with E-state index in [0.717, 1.165) is 31.0 Å². The summed E-state index contributed by atoms with van der Waals surface area (Å²) in [5.41, 5.74) is 3.25. The van der Waals surface area contributed by atoms with Gasteiger partial charge in [0.15, 0.2) is 6.29 Å². The molecular weight excluding hydrogens is 198 g/mol. The first-order chi connectivity index (χ1) is 7.86. The fourth-order valence-electron chi connectivity index (χ4n) is 2.83. The Balaban J connectivity index is 1.69. The molecule has 1 aromatic heterocycles. The summed E-state index contributed by atoms with van der Waals surface area (Å²) in [4.78, 5) is 15.0. The van der Waals surface area contributed by atoms with Crippen molar-refractivity contribution in [2.24, 2.45) is 11.8 Å². The lowest BCUT2D eigenvalue weighted by molar-refractivity contribution is 0.111. The maximum atomic E-state index is 10.9. The first-order valence-electron chi connectivity index (χ1n) is 6.28. The molecule has 1 aromatic rings. The monoisotopic (exact) mass is 215 g/mol. The zero-order valence-electron chi connectivity index (χ0n) is 9.48. The summed E-state index contributed by atoms with van der Waals surface area (Å²) in [6.45, 7) is 0. The summed E-state index contributed by atoms with van der Waals surface area (Å²) in [7, 11) is 0. The van der Waals surface area contributed by atoms with E-state index in [9.17, 15) is 4.79 Å². The number of rotatable bonds is 4. The van der Waals surface area contributed by atoms with Crippen molar-refractivity contribution in [1.29, 1.82) is 0 Å². The Bertz CT molecular complexity index is 409. The van der Waals surface area contributed by atoms with Crippen molar-refractivity contribution in [3.05, 3.63) is 29.1 Å². The molecule has 0 aromatic carbocycles. The van der Waals surface area contributed by atoms with Gasteiger partial charge in [-0.15, -0.1) is 0 Å². The SMILES string of the molecule is O=Cc1nccc2c1CC(CCC1CC1)C2. The van der Waals surface area contributed by atoms with Gasteiger partial charge in [0, 0.05) is 6.20 Å². The molecule has 0 spiro atoms. The van der Waals surface area contributed by atoms with E-state index in [1.165, 1.54) is 36.8 Å². The van der Waals surface area contributed by atoms with Gasteiger partial charge in [-0.05, 0) is 48.3 Å². The van der Waals surface area contributed by atoms with Gasteiger partial charge in [-0.2, -0.15) is 0 Å². The lowest BCUT2D eigenvalue weighted by atomic mass is 9.98. The molecular formula is C14H17NO. The van der Waals surface area contributed by atoms with E-state index < -0.39 is 0 Å². The van der Waals surface area contributed by atoms with Crippen LogP contribution in [-0.2, 0) is 12.8 Å². The molecule has 0 bridgehead atoms. The summed E-state index contributed by atoms with van der Waals surface area (Å²) in [6, 6.07) is 2.08. The van der Waals surface area contributed by atoms with Crippen molar-refractivity contribution in [3.63, 3.8) is 0 Å². The summed E-state index contributed by atoms with van der Waals surface area (Å²) >= 11 is 0. The summed E-state index contributed by atoms with van der Waals surface area (Å²) in [6.07, 6.45) is 10.5. The largest absolute Gasteiger partial charge is 0.296 e. The Kier molecular flexibility index (Phi) is 2.50. The topological polar surface area (TPSA) is 30.0 Å². The molecule has 0 aliphatic heterocycles. The molecule has 2 nitrogen and oxygen atoms in total. The lowest BCUT2D eigenvalue weighted by Crippen LogP contribution is -2.00. The van der Waals surface area contributed by atoms with Gasteiger partial charge in [-0.3, -0.25) is 9.78 Å². The molecule has 0 amide bonds. The van der Waals surface area contributed by atoms with Crippen LogP contribution in [0, 0.1) is 11.8 Å². The van der Waals surface area contributed by atoms with Crippen molar-refractivity contribution in [1.82, 2.24) is 4.98 Å². The molecule has 2 aliphatic rings. The number of aromatic nitrogens is 1. The zero-order chi connectivity index (χ0) is 11.0. The maximum Gasteiger partial charge on any atom is 0.168 e. The molecule has 2 heteroatoms. The van der Waals surface area contributed by atoms with Gasteiger partial charge in [0.1, 0.15) is 5.69 Å². The normalized spacial score (nSPS) is 23.1. The number of carbonyl (C=O) groups excluding carboxylic acids is 1. The van der Waals surface area contributed by atoms with Gasteiger partial charge in [-0.1, -0.05) is 19.3 Å². The first-order valence-corrected chi connectivity index (χ1v) is 6.28. The second kappa shape index (κ2) is 4.00. The third-order valence-corrected chi connectivity index (χ3v) is 3.98. The minimum atomic E-state index is 0.673. The van der Waals surface area contributed by atoms with Gasteiger partial charge in [0.25, 0.3) is 0 Å². The van der Waals surface area contributed by atoms with E-state index in [-0.39, 0.29) is 0 Å². The smallest absolute Gasteiger partial charge is 0.168 e. The Morgan fingerprint density at radius 1 is 1.25 bits per heavy atom. The van der Waals surface area contributed by atoms with E-state index in [1.807, 2.05) is 0 Å². The average molecular weight is 215 g/mol. The van der Waals surface area contributed by atoms with Crippen molar-refractivity contribution in [2.75, 3.05) is 0 Å². The highest BCUT2D eigenvalue weighted by atomic mass is 16.1. The Morgan fingerprint density at radius 3 is 2.81 bits per heavy atom. The standard InChI is InChI=1S/C14H17NO/c16-9-14-13-8-11(4-3-10-1-2-10)7-12(13)5-6-15-14/h5-6,9-11H,1-4,7-8H2. The molecule has 2 aliphatic carbocycles. The Labute approximate surface area is 96.1 Å². The number of hydrogen-bond donors (Lipinski definition) is 0. The number of nitrogens with zero attached hydrogens (tertiary/aromatic N) is 1. The third kappa shape index (κ3) is 1.89. The van der Waals surface area contributed by atoms with Gasteiger partial charge in [0.05, 0.1) is 0 Å². The average Bonchev–Trinajstić information content (AvgIpc) is 3.04. The van der Waals surface area contributed by atoms with Crippen molar-refractivity contribution >= 4 is 6.29 Å². The highest BCUT2D eigenvalue weighted by Crippen LogP contribution is 2.38. The Morgan fingerprint density at radius 2 is 2.06 bits per heavy atom. The van der Waals surface area contributed by atoms with Crippen LogP contribution in [-0.4, -0.2) is 11.3 Å². The van der Waals surface area contributed by atoms with Crippen LogP contribution in [0.3, 0.4) is 0 Å². The lowest BCUT2D eigenvalue weighted by Gasteiger charge is -2.07. The summed E-state index contributed by atoms with van der Waals surface area (Å²) < 4.78 is 0. The second-order valence-electron chi connectivity index (χ2n) is 5.25. The summed E-state index contributed by atoms with van der Waals surface area (Å²) in [5.74, 6) is 1.78. The molecule has 0 N–H and O–H groups in total. The van der Waals surface area contributed by atoms with Crippen molar-refractivity contribution in [2.45, 2.75) is 38.5 Å². The molecule has 84 valence electrons. The van der Waals surface area contributed by atoms with Gasteiger partial charge in [0.2, 0.25) is 0 Å². The van der Waals surface area contributed by atoms with E-state index in [0.29, 0.717) is 5.69 Å². The quantitative estimate of drug-likeness (QED) is 0.723. The number of pyridine rings is 1. The molecule has 1 fully saturated rings. The van der Waals surface area contributed by atoms with Crippen LogP contribution in [0.1, 0.15) is 47.3 Å². The van der Waals surface area contributed by atoms with Crippen LogP contribution >= 0.6 is 0 Å². The fraction of sp³-hybridized carbons (Fsp3) is 0.571. The van der Waals surface area contributed by atoms with Crippen molar-refractivity contribution < 1.29 is 4.79 Å². The van der Waals surface area contributed by atoms with Gasteiger partial charge in [-0.25, -0.2) is 0 Å². The number of fused-ring (bicyclic) bond motifs is 1. The molecule has 1 unspecified atom stereocenters. The minimum Gasteiger partial charge on any atom is -0.296 e. The second-order valence-corrected chi connectivity index (χ2v) is 5.25. The van der Waals surface area contributed by atoms with E-state index in [4.69, 9.17) is 0 Å². The van der Waals surface area contributed by atoms with Crippen LogP contribution in [0.25, 0.3) is 0 Å². The first kappa shape index (κ1) is 10.0. The van der Waals surface area contributed by atoms with E-state index in [1.54, 1.807) is 6.20 Å². The summed E-state index contributed by atoms with van der Waals surface area (Å²) in [5, 5.41) is 0. The highest BCUT2D eigenvalue weighted by molar-refractivity contribution is 5.75. The molecule has 1 atom stereocenters. The minimum absolute atomic E-state index is 0.673. The third-order valence-electron chi connectivity index (χ3n) is 3.98. The zero-order valence-corrected chi connectivity index (χ0v) is 9.48. The van der Waals surface area contributed by atoms with Crippen LogP contribution < -0.4 is 0 Å². The van der Waals surface area contributed by atoms with Crippen molar-refractivity contribution in [3.8, 4) is 0 Å². The van der Waals surface area contributed by atoms with Crippen LogP contribution in [0.2, 0.25) is 0 Å². The number of hydrogen-bond acceptors (Lipinski definition) is 2. The number of aldehydes is 1. The highest BCUT2D eigenvalue weighted by Gasteiger charge is 2.27. The van der Waals surface area contributed by atoms with Crippen LogP contribution in [0.4, 0.5) is 0 Å². The van der Waals surface area contributed by atoms with E-state index >= 15 is 0 Å². The maximum absolute atomic E-state index is 10.9. The number of carbonyl (C=O) groups is 1.